The van der Waals surface area contributed by atoms with Crippen molar-refractivity contribution >= 4 is 56.6 Å². The van der Waals surface area contributed by atoms with Crippen molar-refractivity contribution in [3.05, 3.63) is 103 Å². The summed E-state index contributed by atoms with van der Waals surface area (Å²) in [6, 6.07) is 18.8. The van der Waals surface area contributed by atoms with Crippen LogP contribution in [0.5, 0.6) is 0 Å². The van der Waals surface area contributed by atoms with E-state index in [1.807, 2.05) is 60.8 Å². The second kappa shape index (κ2) is 11.5. The molecule has 10 heteroatoms. The summed E-state index contributed by atoms with van der Waals surface area (Å²) in [5, 5.41) is 15.3. The lowest BCUT2D eigenvalue weighted by Gasteiger charge is -2.17. The van der Waals surface area contributed by atoms with Crippen molar-refractivity contribution in [2.45, 2.75) is 6.54 Å². The molecular weight excluding hydrogens is 512 g/mol. The monoisotopic (exact) mass is 540 g/mol. The van der Waals surface area contributed by atoms with Crippen LogP contribution in [0.15, 0.2) is 81.8 Å². The Morgan fingerprint density at radius 2 is 1.72 bits per heavy atom. The molecule has 0 aliphatic rings. The van der Waals surface area contributed by atoms with E-state index in [0.717, 1.165) is 28.7 Å². The van der Waals surface area contributed by atoms with Gasteiger partial charge in [-0.3, -0.25) is 19.4 Å². The van der Waals surface area contributed by atoms with Crippen LogP contribution in [0.25, 0.3) is 10.9 Å². The topological polar surface area (TPSA) is 115 Å². The molecule has 0 saturated carbocycles. The van der Waals surface area contributed by atoms with Crippen molar-refractivity contribution < 1.29 is 4.79 Å². The van der Waals surface area contributed by atoms with Gasteiger partial charge in [0.1, 0.15) is 16.3 Å². The van der Waals surface area contributed by atoms with E-state index in [1.54, 1.807) is 30.5 Å². The number of benzene rings is 2. The molecule has 0 fully saturated rings. The number of pyridine rings is 1. The van der Waals surface area contributed by atoms with Gasteiger partial charge >= 0.3 is 0 Å². The Morgan fingerprint density at radius 1 is 0.923 bits per heavy atom. The fourth-order valence-electron chi connectivity index (χ4n) is 4.21. The molecule has 0 atom stereocenters. The highest BCUT2D eigenvalue weighted by Gasteiger charge is 2.21. The predicted octanol–water partition coefficient (Wildman–Crippen LogP) is 4.47. The Morgan fingerprint density at radius 3 is 2.56 bits per heavy atom. The van der Waals surface area contributed by atoms with E-state index in [0.29, 0.717) is 29.3 Å². The van der Waals surface area contributed by atoms with Gasteiger partial charge in [-0.05, 0) is 61.4 Å². The lowest BCUT2D eigenvalue weighted by atomic mass is 10.1. The van der Waals surface area contributed by atoms with Gasteiger partial charge in [-0.25, -0.2) is 0 Å². The number of amides is 1. The number of nitrogens with zero attached hydrogens (tertiary/aromatic N) is 2. The minimum Gasteiger partial charge on any atom is -0.380 e. The lowest BCUT2D eigenvalue weighted by Crippen LogP contribution is -2.37. The highest BCUT2D eigenvalue weighted by atomic mass is 32.1. The third-order valence-corrected chi connectivity index (χ3v) is 7.15. The SMILES string of the molecule is CN(C)CCNc1c(Nc2cccc(NC(=O)c3sccc3NCc3ccnc4ccccc34)c2)c(=O)c1=O. The van der Waals surface area contributed by atoms with Gasteiger partial charge in [-0.15, -0.1) is 11.3 Å². The van der Waals surface area contributed by atoms with Crippen LogP contribution in [0.4, 0.5) is 28.4 Å². The van der Waals surface area contributed by atoms with Gasteiger partial charge in [0.25, 0.3) is 16.8 Å². The van der Waals surface area contributed by atoms with Gasteiger partial charge in [0.2, 0.25) is 0 Å². The number of carbonyl (C=O) groups excluding carboxylic acids is 1. The van der Waals surface area contributed by atoms with E-state index in [9.17, 15) is 14.4 Å². The summed E-state index contributed by atoms with van der Waals surface area (Å²) in [6.07, 6.45) is 1.79. The highest BCUT2D eigenvalue weighted by molar-refractivity contribution is 7.12. The Balaban J connectivity index is 1.25. The molecule has 3 aromatic carbocycles. The number of hydrogen-bond acceptors (Lipinski definition) is 9. The van der Waals surface area contributed by atoms with Gasteiger partial charge < -0.3 is 26.2 Å². The van der Waals surface area contributed by atoms with Crippen LogP contribution < -0.4 is 32.1 Å². The van der Waals surface area contributed by atoms with Crippen molar-refractivity contribution in [3.8, 4) is 0 Å². The summed E-state index contributed by atoms with van der Waals surface area (Å²) >= 11 is 1.35. The summed E-state index contributed by atoms with van der Waals surface area (Å²) in [7, 11) is 3.86. The number of aromatic nitrogens is 1. The maximum atomic E-state index is 13.1. The van der Waals surface area contributed by atoms with Gasteiger partial charge in [-0.1, -0.05) is 24.3 Å². The maximum Gasteiger partial charge on any atom is 0.267 e. The van der Waals surface area contributed by atoms with E-state index in [4.69, 9.17) is 0 Å². The zero-order valence-electron chi connectivity index (χ0n) is 21.6. The van der Waals surface area contributed by atoms with E-state index in [2.05, 4.69) is 26.3 Å². The zero-order valence-corrected chi connectivity index (χ0v) is 22.4. The van der Waals surface area contributed by atoms with Crippen molar-refractivity contribution in [1.82, 2.24) is 9.88 Å². The molecule has 2 heterocycles. The highest BCUT2D eigenvalue weighted by Crippen LogP contribution is 2.27. The van der Waals surface area contributed by atoms with Crippen LogP contribution in [-0.2, 0) is 6.54 Å². The fraction of sp³-hybridized carbons (Fsp3) is 0.172. The smallest absolute Gasteiger partial charge is 0.267 e. The molecule has 0 spiro atoms. The van der Waals surface area contributed by atoms with Crippen LogP contribution >= 0.6 is 11.3 Å². The van der Waals surface area contributed by atoms with E-state index < -0.39 is 10.9 Å². The van der Waals surface area contributed by atoms with E-state index in [1.165, 1.54) is 11.3 Å². The minimum atomic E-state index is -0.562. The molecule has 4 N–H and O–H groups in total. The summed E-state index contributed by atoms with van der Waals surface area (Å²) in [5.41, 5.74) is 3.33. The summed E-state index contributed by atoms with van der Waals surface area (Å²) < 4.78 is 0. The van der Waals surface area contributed by atoms with Crippen LogP contribution in [0.1, 0.15) is 15.2 Å². The van der Waals surface area contributed by atoms with Crippen molar-refractivity contribution in [3.63, 3.8) is 0 Å². The molecule has 0 bridgehead atoms. The zero-order chi connectivity index (χ0) is 27.4. The first-order valence-electron chi connectivity index (χ1n) is 12.4. The van der Waals surface area contributed by atoms with Crippen LogP contribution in [0.2, 0.25) is 0 Å². The Kier molecular flexibility index (Phi) is 7.67. The largest absolute Gasteiger partial charge is 0.380 e. The molecule has 0 radical (unpaired) electrons. The summed E-state index contributed by atoms with van der Waals surface area (Å²) in [6.45, 7) is 1.81. The molecular formula is C29H28N6O3S. The molecule has 0 aliphatic heterocycles. The third kappa shape index (κ3) is 5.82. The van der Waals surface area contributed by atoms with E-state index in [-0.39, 0.29) is 17.3 Å². The fourth-order valence-corrected chi connectivity index (χ4v) is 4.98. The first-order valence-corrected chi connectivity index (χ1v) is 13.3. The number of likely N-dealkylation sites (N-methyl/N-ethyl adjacent to an activating group) is 1. The molecule has 5 aromatic rings. The molecule has 1 amide bonds. The van der Waals surface area contributed by atoms with Crippen LogP contribution in [-0.4, -0.2) is 43.0 Å². The van der Waals surface area contributed by atoms with Crippen molar-refractivity contribution in [2.75, 3.05) is 48.5 Å². The standard InChI is InChI=1S/C29H28N6O3S/c1-35(2)14-13-31-24-25(27(37)26(24)36)33-19-6-5-7-20(16-19)34-29(38)28-23(11-15-39-28)32-17-18-10-12-30-22-9-4-3-8-21(18)22/h3-12,15-16,31-33H,13-14,17H2,1-2H3,(H,34,38). The quantitative estimate of drug-likeness (QED) is 0.181. The number of thiophene rings is 1. The second-order valence-corrected chi connectivity index (χ2v) is 10.2. The molecule has 0 aliphatic carbocycles. The normalized spacial score (nSPS) is 11.2. The molecule has 0 saturated heterocycles. The average Bonchev–Trinajstić information content (AvgIpc) is 3.42. The summed E-state index contributed by atoms with van der Waals surface area (Å²) in [4.78, 5) is 44.3. The third-order valence-electron chi connectivity index (χ3n) is 6.24. The van der Waals surface area contributed by atoms with Gasteiger partial charge in [0.15, 0.2) is 0 Å². The minimum absolute atomic E-state index is 0.232. The molecule has 2 aromatic heterocycles. The molecule has 5 rings (SSSR count). The van der Waals surface area contributed by atoms with Gasteiger partial charge in [0, 0.05) is 42.6 Å². The van der Waals surface area contributed by atoms with Crippen LogP contribution in [0.3, 0.4) is 0 Å². The number of carbonyl (C=O) groups is 1. The number of anilines is 5. The first kappa shape index (κ1) is 26.1. The first-order chi connectivity index (χ1) is 18.9. The second-order valence-electron chi connectivity index (χ2n) is 9.30. The van der Waals surface area contributed by atoms with Gasteiger partial charge in [-0.2, -0.15) is 0 Å². The predicted molar refractivity (Wildman–Crippen MR) is 159 cm³/mol. The number of rotatable bonds is 11. The van der Waals surface area contributed by atoms with Crippen molar-refractivity contribution in [1.29, 1.82) is 0 Å². The lowest BCUT2D eigenvalue weighted by molar-refractivity contribution is 0.103. The Bertz CT molecular complexity index is 1700. The van der Waals surface area contributed by atoms with Gasteiger partial charge in [0.05, 0.1) is 11.2 Å². The average molecular weight is 541 g/mol. The maximum absolute atomic E-state index is 13.1. The molecule has 9 nitrogen and oxygen atoms in total. The van der Waals surface area contributed by atoms with E-state index >= 15 is 0 Å². The number of nitrogens with one attached hydrogen (secondary N) is 4. The van der Waals surface area contributed by atoms with Crippen molar-refractivity contribution in [2.24, 2.45) is 0 Å². The number of fused-ring (bicyclic) bond motifs is 1. The molecule has 0 unspecified atom stereocenters. The number of hydrogen-bond donors (Lipinski definition) is 4. The number of para-hydroxylation sites is 1. The molecule has 39 heavy (non-hydrogen) atoms. The Labute approximate surface area is 229 Å². The Hall–Kier alpha value is -4.54. The van der Waals surface area contributed by atoms with Crippen LogP contribution in [0, 0.1) is 0 Å². The molecule has 198 valence electrons. The summed E-state index contributed by atoms with van der Waals surface area (Å²) in [5.74, 6) is -0.246.